The number of nitrogens with two attached hydrogens (primary N) is 1. The molecule has 2 heteroatoms. The van der Waals surface area contributed by atoms with Gasteiger partial charge in [-0.05, 0) is 38.8 Å². The second-order valence-electron chi connectivity index (χ2n) is 5.45. The maximum Gasteiger partial charge on any atom is 0.00706 e. The molecule has 2 unspecified atom stereocenters. The maximum absolute atomic E-state index is 5.74. The van der Waals surface area contributed by atoms with Crippen LogP contribution in [0.4, 0.5) is 0 Å². The van der Waals surface area contributed by atoms with E-state index >= 15 is 0 Å². The maximum atomic E-state index is 5.74. The molecule has 0 spiro atoms. The Bertz CT molecular complexity index is 170. The van der Waals surface area contributed by atoms with Gasteiger partial charge in [-0.25, -0.2) is 0 Å². The van der Waals surface area contributed by atoms with Gasteiger partial charge in [-0.3, -0.25) is 0 Å². The molecule has 2 nitrogen and oxygen atoms in total. The number of likely N-dealkylation sites (tertiary alicyclic amines) is 1. The predicted octanol–water partition coefficient (Wildman–Crippen LogP) is 3.02. The SMILES string of the molecule is CCCCCCCCN1CC(CN)CC1C. The molecule has 1 rings (SSSR count). The molecule has 0 bridgehead atoms. The largest absolute Gasteiger partial charge is 0.330 e. The lowest BCUT2D eigenvalue weighted by Gasteiger charge is -2.20. The van der Waals surface area contributed by atoms with Gasteiger partial charge in [0.15, 0.2) is 0 Å². The molecule has 1 aliphatic heterocycles. The van der Waals surface area contributed by atoms with Crippen LogP contribution in [0.25, 0.3) is 0 Å². The second kappa shape index (κ2) is 8.08. The normalized spacial score (nSPS) is 26.4. The molecule has 1 heterocycles. The number of rotatable bonds is 8. The highest BCUT2D eigenvalue weighted by Crippen LogP contribution is 2.22. The Labute approximate surface area is 102 Å². The molecule has 0 radical (unpaired) electrons. The fourth-order valence-electron chi connectivity index (χ4n) is 2.80. The number of hydrogen-bond acceptors (Lipinski definition) is 2. The zero-order valence-electron chi connectivity index (χ0n) is 11.3. The summed E-state index contributed by atoms with van der Waals surface area (Å²) in [6.45, 7) is 8.04. The molecule has 1 aliphatic rings. The van der Waals surface area contributed by atoms with E-state index in [1.807, 2.05) is 0 Å². The van der Waals surface area contributed by atoms with Crippen LogP contribution >= 0.6 is 0 Å². The minimum Gasteiger partial charge on any atom is -0.330 e. The number of hydrogen-bond donors (Lipinski definition) is 1. The molecule has 2 N–H and O–H groups in total. The highest BCUT2D eigenvalue weighted by Gasteiger charge is 2.27. The van der Waals surface area contributed by atoms with Crippen molar-refractivity contribution < 1.29 is 0 Å². The third-order valence-electron chi connectivity index (χ3n) is 3.92. The lowest BCUT2D eigenvalue weighted by atomic mass is 10.1. The van der Waals surface area contributed by atoms with Crippen molar-refractivity contribution in [2.45, 2.75) is 64.8 Å². The standard InChI is InChI=1S/C14H30N2/c1-3-4-5-6-7-8-9-16-12-14(11-15)10-13(16)2/h13-14H,3-12,15H2,1-2H3. The molecule has 2 atom stereocenters. The Kier molecular flexibility index (Phi) is 7.06. The molecule has 1 fully saturated rings. The summed E-state index contributed by atoms with van der Waals surface area (Å²) in [5.41, 5.74) is 5.74. The van der Waals surface area contributed by atoms with Gasteiger partial charge in [0.1, 0.15) is 0 Å². The summed E-state index contributed by atoms with van der Waals surface area (Å²) in [5, 5.41) is 0. The van der Waals surface area contributed by atoms with E-state index in [1.165, 1.54) is 58.0 Å². The Balaban J connectivity index is 2.00. The third-order valence-corrected chi connectivity index (χ3v) is 3.92. The van der Waals surface area contributed by atoms with E-state index in [0.29, 0.717) is 0 Å². The van der Waals surface area contributed by atoms with Gasteiger partial charge in [0, 0.05) is 12.6 Å². The van der Waals surface area contributed by atoms with E-state index in [2.05, 4.69) is 18.7 Å². The smallest absolute Gasteiger partial charge is 0.00706 e. The Morgan fingerprint density at radius 3 is 2.44 bits per heavy atom. The number of unbranched alkanes of at least 4 members (excludes halogenated alkanes) is 5. The molecule has 96 valence electrons. The first-order chi connectivity index (χ1) is 7.77. The summed E-state index contributed by atoms with van der Waals surface area (Å²) in [6, 6.07) is 0.768. The van der Waals surface area contributed by atoms with Crippen molar-refractivity contribution in [3.63, 3.8) is 0 Å². The van der Waals surface area contributed by atoms with E-state index in [4.69, 9.17) is 5.73 Å². The molecule has 16 heavy (non-hydrogen) atoms. The molecule has 0 aromatic carbocycles. The zero-order chi connectivity index (χ0) is 11.8. The summed E-state index contributed by atoms with van der Waals surface area (Å²) in [4.78, 5) is 2.64. The van der Waals surface area contributed by atoms with Gasteiger partial charge in [-0.2, -0.15) is 0 Å². The lowest BCUT2D eigenvalue weighted by molar-refractivity contribution is 0.258. The van der Waals surface area contributed by atoms with Crippen molar-refractivity contribution in [2.24, 2.45) is 11.7 Å². The van der Waals surface area contributed by atoms with Gasteiger partial charge in [-0.15, -0.1) is 0 Å². The summed E-state index contributed by atoms with van der Waals surface area (Å²) in [5.74, 6) is 0.759. The average molecular weight is 226 g/mol. The van der Waals surface area contributed by atoms with Gasteiger partial charge in [0.05, 0.1) is 0 Å². The first-order valence-corrected chi connectivity index (χ1v) is 7.22. The van der Waals surface area contributed by atoms with Crippen molar-refractivity contribution in [2.75, 3.05) is 19.6 Å². The van der Waals surface area contributed by atoms with Gasteiger partial charge >= 0.3 is 0 Å². The van der Waals surface area contributed by atoms with Crippen LogP contribution in [0.5, 0.6) is 0 Å². The molecular weight excluding hydrogens is 196 g/mol. The molecule has 0 amide bonds. The van der Waals surface area contributed by atoms with Crippen LogP contribution in [0, 0.1) is 5.92 Å². The summed E-state index contributed by atoms with van der Waals surface area (Å²) in [7, 11) is 0. The van der Waals surface area contributed by atoms with Crippen molar-refractivity contribution >= 4 is 0 Å². The first kappa shape index (κ1) is 14.0. The van der Waals surface area contributed by atoms with Gasteiger partial charge in [0.2, 0.25) is 0 Å². The molecule has 0 saturated carbocycles. The minimum absolute atomic E-state index is 0.759. The fraction of sp³-hybridized carbons (Fsp3) is 1.00. The molecule has 0 aromatic rings. The first-order valence-electron chi connectivity index (χ1n) is 7.22. The van der Waals surface area contributed by atoms with E-state index in [1.54, 1.807) is 0 Å². The van der Waals surface area contributed by atoms with Crippen LogP contribution in [0.3, 0.4) is 0 Å². The van der Waals surface area contributed by atoms with E-state index < -0.39 is 0 Å². The highest BCUT2D eigenvalue weighted by atomic mass is 15.2. The van der Waals surface area contributed by atoms with Crippen molar-refractivity contribution in [3.05, 3.63) is 0 Å². The van der Waals surface area contributed by atoms with E-state index in [9.17, 15) is 0 Å². The Morgan fingerprint density at radius 1 is 1.12 bits per heavy atom. The number of nitrogens with zero attached hydrogens (tertiary/aromatic N) is 1. The molecule has 1 saturated heterocycles. The summed E-state index contributed by atoms with van der Waals surface area (Å²) >= 11 is 0. The minimum atomic E-state index is 0.759. The predicted molar refractivity (Wildman–Crippen MR) is 71.6 cm³/mol. The summed E-state index contributed by atoms with van der Waals surface area (Å²) < 4.78 is 0. The highest BCUT2D eigenvalue weighted by molar-refractivity contribution is 4.82. The van der Waals surface area contributed by atoms with Gasteiger partial charge < -0.3 is 10.6 Å². The quantitative estimate of drug-likeness (QED) is 0.645. The van der Waals surface area contributed by atoms with Gasteiger partial charge in [0.25, 0.3) is 0 Å². The van der Waals surface area contributed by atoms with Crippen LogP contribution in [0.2, 0.25) is 0 Å². The Morgan fingerprint density at radius 2 is 1.81 bits per heavy atom. The topological polar surface area (TPSA) is 29.3 Å². The monoisotopic (exact) mass is 226 g/mol. The van der Waals surface area contributed by atoms with Crippen molar-refractivity contribution in [3.8, 4) is 0 Å². The zero-order valence-corrected chi connectivity index (χ0v) is 11.3. The van der Waals surface area contributed by atoms with Gasteiger partial charge in [-0.1, -0.05) is 39.0 Å². The molecule has 0 aliphatic carbocycles. The fourth-order valence-corrected chi connectivity index (χ4v) is 2.80. The van der Waals surface area contributed by atoms with E-state index in [0.717, 1.165) is 18.5 Å². The Hall–Kier alpha value is -0.0800. The van der Waals surface area contributed by atoms with Crippen LogP contribution in [-0.4, -0.2) is 30.6 Å². The summed E-state index contributed by atoms with van der Waals surface area (Å²) in [6.07, 6.45) is 9.72. The van der Waals surface area contributed by atoms with Crippen LogP contribution in [-0.2, 0) is 0 Å². The van der Waals surface area contributed by atoms with E-state index in [-0.39, 0.29) is 0 Å². The lowest BCUT2D eigenvalue weighted by Crippen LogP contribution is -2.28. The second-order valence-corrected chi connectivity index (χ2v) is 5.45. The van der Waals surface area contributed by atoms with Crippen LogP contribution in [0.15, 0.2) is 0 Å². The third kappa shape index (κ3) is 4.84. The van der Waals surface area contributed by atoms with Crippen molar-refractivity contribution in [1.29, 1.82) is 0 Å². The molecule has 0 aromatic heterocycles. The average Bonchev–Trinajstić information content (AvgIpc) is 2.65. The molecular formula is C14H30N2. The van der Waals surface area contributed by atoms with Crippen LogP contribution < -0.4 is 5.73 Å². The van der Waals surface area contributed by atoms with Crippen LogP contribution in [0.1, 0.15) is 58.8 Å². The van der Waals surface area contributed by atoms with Crippen molar-refractivity contribution in [1.82, 2.24) is 4.90 Å².